The van der Waals surface area contributed by atoms with Crippen molar-refractivity contribution in [2.24, 2.45) is 0 Å². The molecule has 0 atom stereocenters. The number of hydrogen-bond donors (Lipinski definition) is 0. The van der Waals surface area contributed by atoms with E-state index in [1.807, 2.05) is 6.92 Å². The van der Waals surface area contributed by atoms with Gasteiger partial charge in [0.2, 0.25) is 0 Å². The van der Waals surface area contributed by atoms with E-state index in [2.05, 4.69) is 23.9 Å². The molecule has 0 fully saturated rings. The molecule has 3 heterocycles. The summed E-state index contributed by atoms with van der Waals surface area (Å²) in [5.41, 5.74) is 1.86. The maximum atomic E-state index is 12.0. The Morgan fingerprint density at radius 3 is 2.83 bits per heavy atom. The van der Waals surface area contributed by atoms with Crippen LogP contribution in [0.25, 0.3) is 15.9 Å². The summed E-state index contributed by atoms with van der Waals surface area (Å²) in [6, 6.07) is 0. The third-order valence-corrected chi connectivity index (χ3v) is 4.28. The number of hydrogen-bond acceptors (Lipinski definition) is 4. The smallest absolute Gasteiger partial charge is 0.246 e. The fourth-order valence-corrected chi connectivity index (χ4v) is 3.40. The second-order valence-corrected chi connectivity index (χ2v) is 5.41. The lowest BCUT2D eigenvalue weighted by atomic mass is 10.1. The van der Waals surface area contributed by atoms with Crippen LogP contribution in [0, 0.1) is 6.92 Å². The number of nitrogens with zero attached hydrogens (tertiary/aromatic N) is 4. The van der Waals surface area contributed by atoms with Crippen molar-refractivity contribution in [1.82, 2.24) is 19.2 Å². The Kier molecular flexibility index (Phi) is 2.48. The van der Waals surface area contributed by atoms with Crippen LogP contribution >= 0.6 is 11.3 Å². The van der Waals surface area contributed by atoms with Crippen LogP contribution in [0.3, 0.4) is 0 Å². The first-order valence-electron chi connectivity index (χ1n) is 6.03. The van der Waals surface area contributed by atoms with Gasteiger partial charge in [0.15, 0.2) is 5.65 Å². The van der Waals surface area contributed by atoms with Crippen molar-refractivity contribution < 1.29 is 0 Å². The van der Waals surface area contributed by atoms with E-state index in [9.17, 15) is 4.79 Å². The van der Waals surface area contributed by atoms with Crippen molar-refractivity contribution >= 4 is 27.2 Å². The molecular weight excluding hydrogens is 248 g/mol. The van der Waals surface area contributed by atoms with E-state index in [-0.39, 0.29) is 5.69 Å². The minimum atomic E-state index is -0.118. The van der Waals surface area contributed by atoms with Crippen LogP contribution in [0.5, 0.6) is 0 Å². The molecule has 0 aliphatic carbocycles. The minimum Gasteiger partial charge on any atom is -0.246 e. The van der Waals surface area contributed by atoms with Gasteiger partial charge in [-0.15, -0.1) is 16.4 Å². The van der Waals surface area contributed by atoms with Crippen LogP contribution in [0.1, 0.15) is 24.3 Å². The highest BCUT2D eigenvalue weighted by Gasteiger charge is 2.16. The molecule has 3 aromatic heterocycles. The lowest BCUT2D eigenvalue weighted by Gasteiger charge is -1.96. The maximum Gasteiger partial charge on any atom is 0.351 e. The van der Waals surface area contributed by atoms with Crippen LogP contribution in [-0.4, -0.2) is 19.2 Å². The molecular formula is C12H14N4OS. The van der Waals surface area contributed by atoms with Crippen molar-refractivity contribution in [2.75, 3.05) is 0 Å². The molecule has 0 saturated heterocycles. The molecule has 0 aliphatic rings. The van der Waals surface area contributed by atoms with Gasteiger partial charge in [-0.2, -0.15) is 0 Å². The quantitative estimate of drug-likeness (QED) is 0.709. The molecule has 3 rings (SSSR count). The average Bonchev–Trinajstić information content (AvgIpc) is 2.86. The van der Waals surface area contributed by atoms with Crippen LogP contribution in [0.2, 0.25) is 0 Å². The fourth-order valence-electron chi connectivity index (χ4n) is 2.32. The first kappa shape index (κ1) is 11.4. The Bertz CT molecular complexity index is 796. The summed E-state index contributed by atoms with van der Waals surface area (Å²) in [6.07, 6.45) is 2.51. The van der Waals surface area contributed by atoms with Crippen molar-refractivity contribution in [3.8, 4) is 0 Å². The Morgan fingerprint density at radius 1 is 1.39 bits per heavy atom. The summed E-state index contributed by atoms with van der Waals surface area (Å²) in [4.78, 5) is 18.6. The van der Waals surface area contributed by atoms with Crippen LogP contribution in [0.4, 0.5) is 0 Å². The zero-order valence-corrected chi connectivity index (χ0v) is 11.4. The van der Waals surface area contributed by atoms with Crippen molar-refractivity contribution in [3.63, 3.8) is 0 Å². The largest absolute Gasteiger partial charge is 0.351 e. The summed E-state index contributed by atoms with van der Waals surface area (Å²) < 4.78 is 3.01. The molecule has 5 nitrogen and oxygen atoms in total. The monoisotopic (exact) mass is 262 g/mol. The molecule has 0 amide bonds. The van der Waals surface area contributed by atoms with Crippen LogP contribution in [0.15, 0.2) is 11.1 Å². The Hall–Kier alpha value is -1.69. The number of rotatable bonds is 2. The molecule has 3 aromatic rings. The molecule has 0 aliphatic heterocycles. The van der Waals surface area contributed by atoms with Crippen LogP contribution < -0.4 is 5.69 Å². The van der Waals surface area contributed by atoms with Gasteiger partial charge >= 0.3 is 5.69 Å². The highest BCUT2D eigenvalue weighted by Crippen LogP contribution is 2.31. The van der Waals surface area contributed by atoms with Gasteiger partial charge in [-0.3, -0.25) is 0 Å². The SMILES string of the molecule is CCc1c(C)sc2ncn3c(=O)n(CC)nc3c12. The lowest BCUT2D eigenvalue weighted by Crippen LogP contribution is -2.20. The third kappa shape index (κ3) is 1.35. The predicted octanol–water partition coefficient (Wildman–Crippen LogP) is 2.00. The predicted molar refractivity (Wildman–Crippen MR) is 72.4 cm³/mol. The average molecular weight is 262 g/mol. The molecule has 0 saturated carbocycles. The van der Waals surface area contributed by atoms with E-state index in [0.717, 1.165) is 22.3 Å². The van der Waals surface area contributed by atoms with Crippen molar-refractivity contribution in [2.45, 2.75) is 33.7 Å². The molecule has 94 valence electrons. The summed E-state index contributed by atoms with van der Waals surface area (Å²) in [6.45, 7) is 6.70. The normalized spacial score (nSPS) is 11.7. The molecule has 0 unspecified atom stereocenters. The molecule has 18 heavy (non-hydrogen) atoms. The molecule has 0 radical (unpaired) electrons. The molecule has 0 N–H and O–H groups in total. The van der Waals surface area contributed by atoms with Gasteiger partial charge in [-0.05, 0) is 25.8 Å². The fraction of sp³-hybridized carbons (Fsp3) is 0.417. The van der Waals surface area contributed by atoms with E-state index >= 15 is 0 Å². The van der Waals surface area contributed by atoms with Gasteiger partial charge < -0.3 is 0 Å². The van der Waals surface area contributed by atoms with Gasteiger partial charge in [0.1, 0.15) is 11.2 Å². The van der Waals surface area contributed by atoms with E-state index in [1.54, 1.807) is 17.7 Å². The molecule has 0 aromatic carbocycles. The highest BCUT2D eigenvalue weighted by atomic mass is 32.1. The van der Waals surface area contributed by atoms with E-state index in [1.165, 1.54) is 19.5 Å². The summed E-state index contributed by atoms with van der Waals surface area (Å²) >= 11 is 1.67. The summed E-state index contributed by atoms with van der Waals surface area (Å²) in [7, 11) is 0. The van der Waals surface area contributed by atoms with Gasteiger partial charge in [0.05, 0.1) is 5.39 Å². The second kappa shape index (κ2) is 3.91. The third-order valence-electron chi connectivity index (χ3n) is 3.23. The first-order valence-corrected chi connectivity index (χ1v) is 6.85. The zero-order valence-electron chi connectivity index (χ0n) is 10.6. The van der Waals surface area contributed by atoms with Gasteiger partial charge in [-0.1, -0.05) is 6.92 Å². The maximum absolute atomic E-state index is 12.0. The van der Waals surface area contributed by atoms with E-state index < -0.39 is 0 Å². The van der Waals surface area contributed by atoms with Crippen molar-refractivity contribution in [3.05, 3.63) is 27.3 Å². The van der Waals surface area contributed by atoms with E-state index in [0.29, 0.717) is 6.54 Å². The Labute approximate surface area is 108 Å². The summed E-state index contributed by atoms with van der Waals surface area (Å²) in [5.74, 6) is 0. The van der Waals surface area contributed by atoms with Gasteiger partial charge in [0.25, 0.3) is 0 Å². The van der Waals surface area contributed by atoms with Gasteiger partial charge in [-0.25, -0.2) is 18.9 Å². The number of aromatic nitrogens is 4. The zero-order chi connectivity index (χ0) is 12.9. The lowest BCUT2D eigenvalue weighted by molar-refractivity contribution is 0.633. The molecule has 0 bridgehead atoms. The Morgan fingerprint density at radius 2 is 2.17 bits per heavy atom. The highest BCUT2D eigenvalue weighted by molar-refractivity contribution is 7.18. The number of thiophene rings is 1. The first-order chi connectivity index (χ1) is 8.67. The topological polar surface area (TPSA) is 52.2 Å². The van der Waals surface area contributed by atoms with Crippen molar-refractivity contribution in [1.29, 1.82) is 0 Å². The number of fused-ring (bicyclic) bond motifs is 3. The standard InChI is InChI=1S/C12H14N4OS/c1-4-8-7(3)18-11-9(8)10-14-16(5-2)12(17)15(10)6-13-11/h6H,4-5H2,1-3H3. The van der Waals surface area contributed by atoms with E-state index in [4.69, 9.17) is 0 Å². The van der Waals surface area contributed by atoms with Crippen LogP contribution in [-0.2, 0) is 13.0 Å². The van der Waals surface area contributed by atoms with Gasteiger partial charge in [0, 0.05) is 11.4 Å². The summed E-state index contributed by atoms with van der Waals surface area (Å²) in [5, 5.41) is 5.45. The minimum absolute atomic E-state index is 0.118. The second-order valence-electron chi connectivity index (χ2n) is 4.21. The molecule has 0 spiro atoms. The number of aryl methyl sites for hydroxylation is 3. The molecule has 6 heteroatoms. The Balaban J connectivity index is 2.55.